The number of fused-ring (bicyclic) bond motifs is 1. The molecule has 0 aliphatic carbocycles. The molecule has 2 heterocycles. The van der Waals surface area contributed by atoms with Crippen LogP contribution in [-0.4, -0.2) is 40.3 Å². The van der Waals surface area contributed by atoms with Gasteiger partial charge < -0.3 is 14.4 Å². The quantitative estimate of drug-likeness (QED) is 0.584. The predicted octanol–water partition coefficient (Wildman–Crippen LogP) is 4.50. The van der Waals surface area contributed by atoms with E-state index in [4.69, 9.17) is 4.74 Å². The largest absolute Gasteiger partial charge is 0.573 e. The predicted molar refractivity (Wildman–Crippen MR) is 108 cm³/mol. The van der Waals surface area contributed by atoms with E-state index >= 15 is 0 Å². The zero-order valence-electron chi connectivity index (χ0n) is 16.0. The minimum Gasteiger partial charge on any atom is -0.491 e. The van der Waals surface area contributed by atoms with Gasteiger partial charge in [-0.3, -0.25) is 4.79 Å². The summed E-state index contributed by atoms with van der Waals surface area (Å²) in [7, 11) is 0. The Labute approximate surface area is 182 Å². The molecule has 0 bridgehead atoms. The van der Waals surface area contributed by atoms with Gasteiger partial charge in [-0.25, -0.2) is 9.97 Å². The van der Waals surface area contributed by atoms with Crippen molar-refractivity contribution in [2.45, 2.75) is 12.9 Å². The highest BCUT2D eigenvalue weighted by atomic mass is 35.5. The number of aromatic nitrogens is 2. The summed E-state index contributed by atoms with van der Waals surface area (Å²) in [5.74, 6) is 0.436. The van der Waals surface area contributed by atoms with Crippen LogP contribution < -0.4 is 9.47 Å². The molecule has 4 rings (SSSR count). The van der Waals surface area contributed by atoms with Crippen LogP contribution in [0.5, 0.6) is 11.5 Å². The zero-order valence-corrected chi connectivity index (χ0v) is 16.8. The monoisotopic (exact) mass is 451 g/mol. The molecule has 0 atom stereocenters. The Morgan fingerprint density at radius 2 is 1.71 bits per heavy atom. The van der Waals surface area contributed by atoms with Gasteiger partial charge in [0.2, 0.25) is 0 Å². The van der Waals surface area contributed by atoms with Crippen LogP contribution in [0, 0.1) is 0 Å². The number of amides is 1. The van der Waals surface area contributed by atoms with Crippen molar-refractivity contribution in [3.63, 3.8) is 0 Å². The first-order chi connectivity index (χ1) is 14.4. The number of hydrogen-bond donors (Lipinski definition) is 0. The lowest BCUT2D eigenvalue weighted by Crippen LogP contribution is -2.32. The van der Waals surface area contributed by atoms with Crippen molar-refractivity contribution in [1.29, 1.82) is 0 Å². The number of rotatable bonds is 4. The van der Waals surface area contributed by atoms with Crippen LogP contribution in [-0.2, 0) is 6.54 Å². The fraction of sp³-hybridized carbons (Fsp3) is 0.190. The van der Waals surface area contributed by atoms with Crippen molar-refractivity contribution in [2.24, 2.45) is 0 Å². The normalized spacial score (nSPS) is 13.5. The number of ether oxygens (including phenoxy) is 2. The second-order valence-electron chi connectivity index (χ2n) is 6.52. The molecule has 0 spiro atoms. The molecule has 3 aromatic rings. The fourth-order valence-electron chi connectivity index (χ4n) is 3.12. The number of nitrogens with zero attached hydrogens (tertiary/aromatic N) is 3. The summed E-state index contributed by atoms with van der Waals surface area (Å²) < 4.78 is 46.6. The molecule has 6 nitrogen and oxygen atoms in total. The molecule has 0 saturated carbocycles. The van der Waals surface area contributed by atoms with Gasteiger partial charge in [0.15, 0.2) is 0 Å². The summed E-state index contributed by atoms with van der Waals surface area (Å²) in [5.41, 5.74) is 1.68. The molecule has 0 N–H and O–H groups in total. The lowest BCUT2D eigenvalue weighted by atomic mass is 10.0. The Bertz CT molecular complexity index is 1050. The lowest BCUT2D eigenvalue weighted by molar-refractivity contribution is -0.274. The average molecular weight is 452 g/mol. The van der Waals surface area contributed by atoms with E-state index in [2.05, 4.69) is 14.7 Å². The summed E-state index contributed by atoms with van der Waals surface area (Å²) in [6.45, 7) is 0.954. The van der Waals surface area contributed by atoms with Crippen LogP contribution in [0.15, 0.2) is 60.9 Å². The van der Waals surface area contributed by atoms with Gasteiger partial charge in [0.05, 0.1) is 18.7 Å². The SMILES string of the molecule is Cl.O=C1c2cc(-c3ccc(OC(F)(F)F)cc3)ccc2OCCN1Cc1ncccn1. The number of hydrogen-bond acceptors (Lipinski definition) is 5. The van der Waals surface area contributed by atoms with E-state index in [1.54, 1.807) is 41.6 Å². The topological polar surface area (TPSA) is 64.6 Å². The Balaban J connectivity index is 0.00000272. The highest BCUT2D eigenvalue weighted by Crippen LogP contribution is 2.31. The molecule has 0 fully saturated rings. The number of carbonyl (C=O) groups excluding carboxylic acids is 1. The highest BCUT2D eigenvalue weighted by Gasteiger charge is 2.31. The Kier molecular flexibility index (Phi) is 6.65. The van der Waals surface area contributed by atoms with Crippen LogP contribution in [0.25, 0.3) is 11.1 Å². The minimum absolute atomic E-state index is 0. The van der Waals surface area contributed by atoms with Gasteiger partial charge in [-0.2, -0.15) is 0 Å². The molecular formula is C21H17ClF3N3O3. The van der Waals surface area contributed by atoms with Gasteiger partial charge in [0.25, 0.3) is 5.91 Å². The Morgan fingerprint density at radius 1 is 1.03 bits per heavy atom. The summed E-state index contributed by atoms with van der Waals surface area (Å²) in [5, 5.41) is 0. The molecule has 31 heavy (non-hydrogen) atoms. The smallest absolute Gasteiger partial charge is 0.491 e. The van der Waals surface area contributed by atoms with Crippen molar-refractivity contribution in [3.05, 3.63) is 72.3 Å². The molecular weight excluding hydrogens is 435 g/mol. The van der Waals surface area contributed by atoms with Gasteiger partial charge in [0.1, 0.15) is 23.9 Å². The lowest BCUT2D eigenvalue weighted by Gasteiger charge is -2.19. The summed E-state index contributed by atoms with van der Waals surface area (Å²) in [4.78, 5) is 23.0. The van der Waals surface area contributed by atoms with E-state index in [1.807, 2.05) is 0 Å². The van der Waals surface area contributed by atoms with Crippen molar-refractivity contribution in [1.82, 2.24) is 14.9 Å². The molecule has 1 aliphatic rings. The van der Waals surface area contributed by atoms with Gasteiger partial charge in [-0.1, -0.05) is 18.2 Å². The van der Waals surface area contributed by atoms with Gasteiger partial charge >= 0.3 is 6.36 Å². The summed E-state index contributed by atoms with van der Waals surface area (Å²) >= 11 is 0. The maximum absolute atomic E-state index is 13.1. The van der Waals surface area contributed by atoms with E-state index in [9.17, 15) is 18.0 Å². The van der Waals surface area contributed by atoms with Crippen molar-refractivity contribution in [2.75, 3.05) is 13.2 Å². The maximum atomic E-state index is 13.1. The van der Waals surface area contributed by atoms with Gasteiger partial charge in [-0.15, -0.1) is 25.6 Å². The van der Waals surface area contributed by atoms with E-state index in [0.717, 1.165) is 0 Å². The third-order valence-electron chi connectivity index (χ3n) is 4.49. The molecule has 2 aromatic carbocycles. The van der Waals surface area contributed by atoms with Crippen LogP contribution in [0.3, 0.4) is 0 Å². The number of halogens is 4. The van der Waals surface area contributed by atoms with E-state index in [0.29, 0.717) is 41.4 Å². The number of carbonyl (C=O) groups is 1. The first-order valence-corrected chi connectivity index (χ1v) is 9.07. The maximum Gasteiger partial charge on any atom is 0.573 e. The molecule has 162 valence electrons. The first kappa shape index (κ1) is 22.4. The standard InChI is InChI=1S/C21H16F3N3O3.ClH/c22-21(23,24)30-16-5-2-14(3-6-16)15-4-7-18-17(12-15)20(28)27(10-11-29-18)13-19-25-8-1-9-26-19;/h1-9,12H,10-11,13H2;1H. The molecule has 1 amide bonds. The number of benzene rings is 2. The van der Waals surface area contributed by atoms with E-state index in [1.165, 1.54) is 24.3 Å². The average Bonchev–Trinajstić information content (AvgIpc) is 2.87. The number of alkyl halides is 3. The fourth-order valence-corrected chi connectivity index (χ4v) is 3.12. The van der Waals surface area contributed by atoms with Crippen molar-refractivity contribution < 1.29 is 27.4 Å². The van der Waals surface area contributed by atoms with Crippen LogP contribution in [0.1, 0.15) is 16.2 Å². The Morgan fingerprint density at radius 3 is 2.39 bits per heavy atom. The van der Waals surface area contributed by atoms with Gasteiger partial charge in [-0.05, 0) is 41.5 Å². The van der Waals surface area contributed by atoms with E-state index in [-0.39, 0.29) is 30.6 Å². The van der Waals surface area contributed by atoms with Crippen LogP contribution >= 0.6 is 12.4 Å². The van der Waals surface area contributed by atoms with Crippen molar-refractivity contribution >= 4 is 18.3 Å². The van der Waals surface area contributed by atoms with Gasteiger partial charge in [0, 0.05) is 12.4 Å². The first-order valence-electron chi connectivity index (χ1n) is 9.07. The summed E-state index contributed by atoms with van der Waals surface area (Å²) in [6, 6.07) is 12.3. The molecule has 10 heteroatoms. The highest BCUT2D eigenvalue weighted by molar-refractivity contribution is 5.98. The molecule has 1 aromatic heterocycles. The third kappa shape index (κ3) is 5.43. The van der Waals surface area contributed by atoms with Crippen LogP contribution in [0.4, 0.5) is 13.2 Å². The molecule has 1 aliphatic heterocycles. The van der Waals surface area contributed by atoms with Crippen molar-refractivity contribution in [3.8, 4) is 22.6 Å². The second-order valence-corrected chi connectivity index (χ2v) is 6.52. The zero-order chi connectivity index (χ0) is 21.1. The Hall–Kier alpha value is -3.33. The second kappa shape index (κ2) is 9.22. The molecule has 0 radical (unpaired) electrons. The molecule has 0 saturated heterocycles. The van der Waals surface area contributed by atoms with Crippen LogP contribution in [0.2, 0.25) is 0 Å². The third-order valence-corrected chi connectivity index (χ3v) is 4.49. The minimum atomic E-state index is -4.75. The summed E-state index contributed by atoms with van der Waals surface area (Å²) in [6.07, 6.45) is -1.53. The molecule has 0 unspecified atom stereocenters. The van der Waals surface area contributed by atoms with E-state index < -0.39 is 6.36 Å².